The number of nitrogens with zero attached hydrogens (tertiary/aromatic N) is 2. The van der Waals surface area contributed by atoms with Crippen molar-refractivity contribution in [2.45, 2.75) is 13.0 Å². The predicted molar refractivity (Wildman–Crippen MR) is 81.0 cm³/mol. The molecule has 0 aromatic heterocycles. The number of halogens is 2. The zero-order valence-corrected chi connectivity index (χ0v) is 12.3. The van der Waals surface area contributed by atoms with Crippen LogP contribution in [0.2, 0.25) is 5.02 Å². The maximum absolute atomic E-state index is 6.01. The summed E-state index contributed by atoms with van der Waals surface area (Å²) in [7, 11) is 0. The van der Waals surface area contributed by atoms with Crippen LogP contribution in [-0.4, -0.2) is 43.7 Å². The van der Waals surface area contributed by atoms with E-state index in [1.54, 1.807) is 0 Å². The predicted octanol–water partition coefficient (Wildman–Crippen LogP) is 2.23. The molecular weight excluding hydrogens is 269 g/mol. The highest BCUT2D eigenvalue weighted by molar-refractivity contribution is 6.30. The van der Waals surface area contributed by atoms with E-state index in [4.69, 9.17) is 17.3 Å². The quantitative estimate of drug-likeness (QED) is 0.926. The second kappa shape index (κ2) is 7.19. The molecule has 1 atom stereocenters. The Labute approximate surface area is 120 Å². The number of rotatable bonds is 3. The van der Waals surface area contributed by atoms with E-state index in [0.29, 0.717) is 0 Å². The summed E-state index contributed by atoms with van der Waals surface area (Å²) in [5, 5.41) is 0.806. The lowest BCUT2D eigenvalue weighted by Gasteiger charge is -2.36. The van der Waals surface area contributed by atoms with Gasteiger partial charge in [-0.1, -0.05) is 17.7 Å². The van der Waals surface area contributed by atoms with Crippen molar-refractivity contribution >= 4 is 29.7 Å². The van der Waals surface area contributed by atoms with Crippen LogP contribution in [-0.2, 0) is 0 Å². The van der Waals surface area contributed by atoms with Crippen LogP contribution in [0.3, 0.4) is 0 Å². The Hall–Kier alpha value is -0.480. The second-order valence-electron chi connectivity index (χ2n) is 4.74. The van der Waals surface area contributed by atoms with Crippen molar-refractivity contribution in [2.24, 2.45) is 5.73 Å². The van der Waals surface area contributed by atoms with Gasteiger partial charge in [0.2, 0.25) is 0 Å². The SMILES string of the molecule is CC(N)CN1CCN(c2cccc(Cl)c2)CC1.Cl. The van der Waals surface area contributed by atoms with Gasteiger partial charge in [-0.25, -0.2) is 0 Å². The normalized spacial score (nSPS) is 18.3. The highest BCUT2D eigenvalue weighted by atomic mass is 35.5. The first-order chi connectivity index (χ1) is 8.15. The molecule has 0 radical (unpaired) electrons. The molecule has 102 valence electrons. The highest BCUT2D eigenvalue weighted by Crippen LogP contribution is 2.20. The molecule has 5 heteroatoms. The van der Waals surface area contributed by atoms with Crippen LogP contribution >= 0.6 is 24.0 Å². The monoisotopic (exact) mass is 289 g/mol. The Morgan fingerprint density at radius 1 is 1.28 bits per heavy atom. The van der Waals surface area contributed by atoms with E-state index in [9.17, 15) is 0 Å². The van der Waals surface area contributed by atoms with Crippen LogP contribution in [0.4, 0.5) is 5.69 Å². The van der Waals surface area contributed by atoms with E-state index in [1.807, 2.05) is 18.2 Å². The van der Waals surface area contributed by atoms with Gasteiger partial charge >= 0.3 is 0 Å². The Bertz CT molecular complexity index is 363. The molecule has 0 aliphatic carbocycles. The molecule has 0 bridgehead atoms. The summed E-state index contributed by atoms with van der Waals surface area (Å²) in [6.45, 7) is 7.30. The smallest absolute Gasteiger partial charge is 0.0426 e. The number of benzene rings is 1. The van der Waals surface area contributed by atoms with Crippen LogP contribution in [0.5, 0.6) is 0 Å². The molecule has 1 heterocycles. The van der Waals surface area contributed by atoms with Crippen LogP contribution in [0.15, 0.2) is 24.3 Å². The van der Waals surface area contributed by atoms with Crippen molar-refractivity contribution in [3.8, 4) is 0 Å². The Morgan fingerprint density at radius 2 is 1.94 bits per heavy atom. The molecule has 2 rings (SSSR count). The van der Waals surface area contributed by atoms with Gasteiger partial charge in [-0.3, -0.25) is 4.90 Å². The van der Waals surface area contributed by atoms with Crippen molar-refractivity contribution in [2.75, 3.05) is 37.6 Å². The van der Waals surface area contributed by atoms with E-state index < -0.39 is 0 Å². The van der Waals surface area contributed by atoms with Gasteiger partial charge < -0.3 is 10.6 Å². The third-order valence-electron chi connectivity index (χ3n) is 3.09. The lowest BCUT2D eigenvalue weighted by atomic mass is 10.2. The first-order valence-electron chi connectivity index (χ1n) is 6.13. The fourth-order valence-electron chi connectivity index (χ4n) is 2.27. The molecule has 1 saturated heterocycles. The lowest BCUT2D eigenvalue weighted by Crippen LogP contribution is -2.49. The summed E-state index contributed by atoms with van der Waals surface area (Å²) in [5.41, 5.74) is 7.04. The molecule has 1 fully saturated rings. The van der Waals surface area contributed by atoms with E-state index in [0.717, 1.165) is 37.7 Å². The van der Waals surface area contributed by atoms with Crippen LogP contribution in [0.25, 0.3) is 0 Å². The van der Waals surface area contributed by atoms with Gasteiger partial charge in [0.25, 0.3) is 0 Å². The standard InChI is InChI=1S/C13H20ClN3.ClH/c1-11(15)10-16-5-7-17(8-6-16)13-4-2-3-12(14)9-13;/h2-4,9,11H,5-8,10,15H2,1H3;1H. The van der Waals surface area contributed by atoms with E-state index >= 15 is 0 Å². The third-order valence-corrected chi connectivity index (χ3v) is 3.33. The molecule has 0 amide bonds. The molecule has 1 aliphatic rings. The number of anilines is 1. The summed E-state index contributed by atoms with van der Waals surface area (Å²) in [5.74, 6) is 0. The van der Waals surface area contributed by atoms with Crippen molar-refractivity contribution in [1.29, 1.82) is 0 Å². The average Bonchev–Trinajstić information content (AvgIpc) is 2.29. The van der Waals surface area contributed by atoms with Gasteiger partial charge in [0.05, 0.1) is 0 Å². The van der Waals surface area contributed by atoms with Gasteiger partial charge in [-0.2, -0.15) is 0 Å². The van der Waals surface area contributed by atoms with Gasteiger partial charge in [-0.05, 0) is 25.1 Å². The molecule has 3 nitrogen and oxygen atoms in total. The molecule has 0 saturated carbocycles. The summed E-state index contributed by atoms with van der Waals surface area (Å²) in [4.78, 5) is 4.80. The Kier molecular flexibility index (Phi) is 6.22. The Balaban J connectivity index is 0.00000162. The molecule has 1 aliphatic heterocycles. The molecule has 0 spiro atoms. The maximum atomic E-state index is 6.01. The fraction of sp³-hybridized carbons (Fsp3) is 0.538. The van der Waals surface area contributed by atoms with Crippen molar-refractivity contribution in [1.82, 2.24) is 4.90 Å². The lowest BCUT2D eigenvalue weighted by molar-refractivity contribution is 0.247. The van der Waals surface area contributed by atoms with E-state index in [1.165, 1.54) is 5.69 Å². The molecule has 18 heavy (non-hydrogen) atoms. The first-order valence-corrected chi connectivity index (χ1v) is 6.51. The molecular formula is C13H21Cl2N3. The average molecular weight is 290 g/mol. The van der Waals surface area contributed by atoms with Gasteiger partial charge in [0.1, 0.15) is 0 Å². The van der Waals surface area contributed by atoms with E-state index in [-0.39, 0.29) is 18.4 Å². The summed E-state index contributed by atoms with van der Waals surface area (Å²) < 4.78 is 0. The molecule has 1 unspecified atom stereocenters. The summed E-state index contributed by atoms with van der Waals surface area (Å²) in [6, 6.07) is 8.33. The highest BCUT2D eigenvalue weighted by Gasteiger charge is 2.17. The minimum absolute atomic E-state index is 0. The Morgan fingerprint density at radius 3 is 2.50 bits per heavy atom. The third kappa shape index (κ3) is 4.32. The summed E-state index contributed by atoms with van der Waals surface area (Å²) >= 11 is 6.01. The van der Waals surface area contributed by atoms with Gasteiger partial charge in [0, 0.05) is 49.5 Å². The first kappa shape index (κ1) is 15.6. The second-order valence-corrected chi connectivity index (χ2v) is 5.18. The maximum Gasteiger partial charge on any atom is 0.0426 e. The zero-order valence-electron chi connectivity index (χ0n) is 10.7. The van der Waals surface area contributed by atoms with Crippen molar-refractivity contribution < 1.29 is 0 Å². The number of hydrogen-bond acceptors (Lipinski definition) is 3. The minimum atomic E-state index is 0. The number of hydrogen-bond donors (Lipinski definition) is 1. The van der Waals surface area contributed by atoms with Crippen LogP contribution in [0, 0.1) is 0 Å². The molecule has 1 aromatic rings. The van der Waals surface area contributed by atoms with Crippen molar-refractivity contribution in [3.63, 3.8) is 0 Å². The number of nitrogens with two attached hydrogens (primary N) is 1. The van der Waals surface area contributed by atoms with Crippen LogP contribution < -0.4 is 10.6 Å². The molecule has 1 aromatic carbocycles. The largest absolute Gasteiger partial charge is 0.369 e. The van der Waals surface area contributed by atoms with E-state index in [2.05, 4.69) is 22.8 Å². The topological polar surface area (TPSA) is 32.5 Å². The summed E-state index contributed by atoms with van der Waals surface area (Å²) in [6.07, 6.45) is 0. The molecule has 2 N–H and O–H groups in total. The number of piperazine rings is 1. The van der Waals surface area contributed by atoms with Gasteiger partial charge in [-0.15, -0.1) is 12.4 Å². The van der Waals surface area contributed by atoms with Crippen molar-refractivity contribution in [3.05, 3.63) is 29.3 Å². The minimum Gasteiger partial charge on any atom is -0.369 e. The van der Waals surface area contributed by atoms with Crippen LogP contribution in [0.1, 0.15) is 6.92 Å². The van der Waals surface area contributed by atoms with Gasteiger partial charge in [0.15, 0.2) is 0 Å². The fourth-order valence-corrected chi connectivity index (χ4v) is 2.45. The zero-order chi connectivity index (χ0) is 12.3.